The molecule has 0 spiro atoms. The first-order valence-corrected chi connectivity index (χ1v) is 9.06. The van der Waals surface area contributed by atoms with Crippen molar-refractivity contribution in [3.05, 3.63) is 28.7 Å². The zero-order valence-electron chi connectivity index (χ0n) is 13.3. The standard InChI is InChI=1S/C18H23BrN2O2/c1-18(9-10-18)14-4-2-3-13(16(20)22)15(14)17(23)21-12-7-5-11(19)6-8-12/h5-8,13-15H,2-4,9-10H2,1H3,(H2,20,22)(H,21,23). The van der Waals surface area contributed by atoms with Crippen molar-refractivity contribution in [1.29, 1.82) is 0 Å². The monoisotopic (exact) mass is 378 g/mol. The number of anilines is 1. The van der Waals surface area contributed by atoms with Gasteiger partial charge in [-0.25, -0.2) is 0 Å². The summed E-state index contributed by atoms with van der Waals surface area (Å²) in [6, 6.07) is 7.50. The molecule has 3 N–H and O–H groups in total. The number of carbonyl (C=O) groups is 2. The third kappa shape index (κ3) is 3.44. The molecule has 0 aromatic heterocycles. The predicted octanol–water partition coefficient (Wildman–Crippen LogP) is 3.71. The number of primary amides is 1. The topological polar surface area (TPSA) is 72.2 Å². The highest BCUT2D eigenvalue weighted by atomic mass is 79.9. The first-order valence-electron chi connectivity index (χ1n) is 8.26. The van der Waals surface area contributed by atoms with Gasteiger partial charge in [0.15, 0.2) is 0 Å². The summed E-state index contributed by atoms with van der Waals surface area (Å²) in [6.45, 7) is 2.24. The molecule has 3 atom stereocenters. The maximum atomic E-state index is 12.9. The Morgan fingerprint density at radius 3 is 2.43 bits per heavy atom. The summed E-state index contributed by atoms with van der Waals surface area (Å²) in [5, 5.41) is 2.99. The molecular weight excluding hydrogens is 356 g/mol. The van der Waals surface area contributed by atoms with Crippen LogP contribution in [0.5, 0.6) is 0 Å². The van der Waals surface area contributed by atoms with Crippen molar-refractivity contribution in [2.75, 3.05) is 5.32 Å². The van der Waals surface area contributed by atoms with Crippen molar-refractivity contribution >= 4 is 33.4 Å². The number of nitrogens with one attached hydrogen (secondary N) is 1. The zero-order chi connectivity index (χ0) is 16.6. The van der Waals surface area contributed by atoms with Crippen LogP contribution in [0.15, 0.2) is 28.7 Å². The van der Waals surface area contributed by atoms with E-state index in [1.165, 1.54) is 0 Å². The van der Waals surface area contributed by atoms with Gasteiger partial charge in [-0.15, -0.1) is 0 Å². The fourth-order valence-electron chi connectivity index (χ4n) is 3.99. The van der Waals surface area contributed by atoms with Gasteiger partial charge in [0.1, 0.15) is 0 Å². The van der Waals surface area contributed by atoms with E-state index in [2.05, 4.69) is 28.2 Å². The van der Waals surface area contributed by atoms with E-state index >= 15 is 0 Å². The number of amides is 2. The molecule has 2 aliphatic rings. The number of carbonyl (C=O) groups excluding carboxylic acids is 2. The number of rotatable bonds is 4. The zero-order valence-corrected chi connectivity index (χ0v) is 14.9. The van der Waals surface area contributed by atoms with Crippen LogP contribution in [0, 0.1) is 23.2 Å². The van der Waals surface area contributed by atoms with Crippen LogP contribution >= 0.6 is 15.9 Å². The molecule has 2 saturated carbocycles. The van der Waals surface area contributed by atoms with E-state index in [0.29, 0.717) is 0 Å². The number of hydrogen-bond donors (Lipinski definition) is 2. The Kier molecular flexibility index (Phi) is 4.50. The largest absolute Gasteiger partial charge is 0.369 e. The van der Waals surface area contributed by atoms with Gasteiger partial charge in [-0.3, -0.25) is 9.59 Å². The van der Waals surface area contributed by atoms with Gasteiger partial charge >= 0.3 is 0 Å². The maximum Gasteiger partial charge on any atom is 0.228 e. The second-order valence-corrected chi connectivity index (χ2v) is 8.14. The normalized spacial score (nSPS) is 28.9. The van der Waals surface area contributed by atoms with Crippen LogP contribution in [0.3, 0.4) is 0 Å². The summed E-state index contributed by atoms with van der Waals surface area (Å²) < 4.78 is 0.964. The average Bonchev–Trinajstić information content (AvgIpc) is 3.27. The molecule has 3 rings (SSSR count). The first-order chi connectivity index (χ1) is 10.9. The molecule has 1 aromatic rings. The maximum absolute atomic E-state index is 12.9. The van der Waals surface area contributed by atoms with Gasteiger partial charge in [0.2, 0.25) is 11.8 Å². The lowest BCUT2D eigenvalue weighted by atomic mass is 9.65. The Balaban J connectivity index is 1.82. The molecule has 5 heteroatoms. The second-order valence-electron chi connectivity index (χ2n) is 7.22. The van der Waals surface area contributed by atoms with Crippen molar-refractivity contribution in [3.8, 4) is 0 Å². The molecule has 2 amide bonds. The molecule has 3 unspecified atom stereocenters. The first kappa shape index (κ1) is 16.5. The highest BCUT2D eigenvalue weighted by Gasteiger charge is 2.53. The summed E-state index contributed by atoms with van der Waals surface area (Å²) in [6.07, 6.45) is 5.01. The Morgan fingerprint density at radius 2 is 1.87 bits per heavy atom. The smallest absolute Gasteiger partial charge is 0.228 e. The van der Waals surface area contributed by atoms with Crippen LogP contribution in [0.1, 0.15) is 39.0 Å². The summed E-state index contributed by atoms with van der Waals surface area (Å²) in [4.78, 5) is 24.8. The Morgan fingerprint density at radius 1 is 1.22 bits per heavy atom. The van der Waals surface area contributed by atoms with Gasteiger partial charge in [-0.2, -0.15) is 0 Å². The summed E-state index contributed by atoms with van der Waals surface area (Å²) in [5.41, 5.74) is 6.57. The highest BCUT2D eigenvalue weighted by Crippen LogP contribution is 2.58. The van der Waals surface area contributed by atoms with Crippen LogP contribution in [-0.4, -0.2) is 11.8 Å². The van der Waals surface area contributed by atoms with E-state index in [1.807, 2.05) is 24.3 Å². The minimum Gasteiger partial charge on any atom is -0.369 e. The molecule has 23 heavy (non-hydrogen) atoms. The number of benzene rings is 1. The quantitative estimate of drug-likeness (QED) is 0.837. The van der Waals surface area contributed by atoms with E-state index in [1.54, 1.807) is 0 Å². The lowest BCUT2D eigenvalue weighted by Gasteiger charge is -2.39. The summed E-state index contributed by atoms with van der Waals surface area (Å²) >= 11 is 3.39. The van der Waals surface area contributed by atoms with Gasteiger partial charge < -0.3 is 11.1 Å². The molecule has 4 nitrogen and oxygen atoms in total. The van der Waals surface area contributed by atoms with Crippen molar-refractivity contribution in [1.82, 2.24) is 0 Å². The number of hydrogen-bond acceptors (Lipinski definition) is 2. The lowest BCUT2D eigenvalue weighted by Crippen LogP contribution is -2.46. The van der Waals surface area contributed by atoms with Crippen LogP contribution in [0.25, 0.3) is 0 Å². The van der Waals surface area contributed by atoms with Crippen LogP contribution in [0.4, 0.5) is 5.69 Å². The summed E-state index contributed by atoms with van der Waals surface area (Å²) in [5.74, 6) is -0.799. The van der Waals surface area contributed by atoms with Crippen molar-refractivity contribution in [2.24, 2.45) is 28.9 Å². The molecule has 0 aliphatic heterocycles. The van der Waals surface area contributed by atoms with Gasteiger partial charge in [-0.1, -0.05) is 29.3 Å². The molecule has 0 radical (unpaired) electrons. The van der Waals surface area contributed by atoms with E-state index < -0.39 is 0 Å². The number of halogens is 1. The Labute approximate surface area is 145 Å². The molecular formula is C18H23BrN2O2. The molecule has 2 aliphatic carbocycles. The van der Waals surface area contributed by atoms with Crippen molar-refractivity contribution < 1.29 is 9.59 Å². The third-order valence-electron chi connectivity index (χ3n) is 5.61. The second kappa shape index (κ2) is 6.27. The van der Waals surface area contributed by atoms with Crippen LogP contribution < -0.4 is 11.1 Å². The van der Waals surface area contributed by atoms with Gasteiger partial charge in [0.05, 0.1) is 5.92 Å². The summed E-state index contributed by atoms with van der Waals surface area (Å²) in [7, 11) is 0. The number of nitrogens with two attached hydrogens (primary N) is 1. The van der Waals surface area contributed by atoms with E-state index in [4.69, 9.17) is 5.73 Å². The van der Waals surface area contributed by atoms with Crippen LogP contribution in [-0.2, 0) is 9.59 Å². The average molecular weight is 379 g/mol. The molecule has 2 fully saturated rings. The minimum atomic E-state index is -0.346. The van der Waals surface area contributed by atoms with Crippen molar-refractivity contribution in [3.63, 3.8) is 0 Å². The molecule has 0 bridgehead atoms. The van der Waals surface area contributed by atoms with Gasteiger partial charge in [0.25, 0.3) is 0 Å². The fraction of sp³-hybridized carbons (Fsp3) is 0.556. The van der Waals surface area contributed by atoms with Crippen LogP contribution in [0.2, 0.25) is 0 Å². The minimum absolute atomic E-state index is 0.0612. The highest BCUT2D eigenvalue weighted by molar-refractivity contribution is 9.10. The van der Waals surface area contributed by atoms with E-state index in [9.17, 15) is 9.59 Å². The Bertz CT molecular complexity index is 610. The SMILES string of the molecule is CC1(C2CCCC(C(N)=O)C2C(=O)Nc2ccc(Br)cc2)CC1. The van der Waals surface area contributed by atoms with Crippen molar-refractivity contribution in [2.45, 2.75) is 39.0 Å². The molecule has 1 aromatic carbocycles. The van der Waals surface area contributed by atoms with E-state index in [-0.39, 0.29) is 35.0 Å². The fourth-order valence-corrected chi connectivity index (χ4v) is 4.25. The third-order valence-corrected chi connectivity index (χ3v) is 6.14. The van der Waals surface area contributed by atoms with E-state index in [0.717, 1.165) is 42.3 Å². The molecule has 124 valence electrons. The molecule has 0 saturated heterocycles. The van der Waals surface area contributed by atoms with Gasteiger partial charge in [-0.05, 0) is 61.3 Å². The van der Waals surface area contributed by atoms with Gasteiger partial charge in [0, 0.05) is 16.1 Å². The molecule has 0 heterocycles. The Hall–Kier alpha value is -1.36. The lowest BCUT2D eigenvalue weighted by molar-refractivity contribution is -0.135. The predicted molar refractivity (Wildman–Crippen MR) is 93.6 cm³/mol.